The number of alkyl carbamates (subject to hydrolysis) is 1. The van der Waals surface area contributed by atoms with Crippen LogP contribution in [-0.2, 0) is 25.7 Å². The molecule has 1 aliphatic carbocycles. The second-order valence-electron chi connectivity index (χ2n) is 9.11. The number of esters is 1. The van der Waals surface area contributed by atoms with Gasteiger partial charge in [0.05, 0.1) is 0 Å². The molecular weight excluding hydrogens is 508 g/mol. The van der Waals surface area contributed by atoms with E-state index in [2.05, 4.69) is 42.7 Å². The molecule has 4 N–H and O–H groups in total. The number of nitrogens with one attached hydrogen (secondary N) is 1. The van der Waals surface area contributed by atoms with E-state index in [0.29, 0.717) is 6.42 Å². The Kier molecular flexibility index (Phi) is 11.2. The number of carbonyl (C=O) groups excluding carboxylic acids is 2. The van der Waals surface area contributed by atoms with Crippen molar-refractivity contribution >= 4 is 18.0 Å². The number of hydrogen-bond acceptors (Lipinski definition) is 6. The van der Waals surface area contributed by atoms with Crippen LogP contribution in [0.1, 0.15) is 35.4 Å². The second-order valence-corrected chi connectivity index (χ2v) is 9.11. The first-order valence-electron chi connectivity index (χ1n) is 12.9. The van der Waals surface area contributed by atoms with Crippen molar-refractivity contribution in [3.8, 4) is 11.1 Å². The molecule has 0 radical (unpaired) electrons. The zero-order chi connectivity index (χ0) is 28.9. The summed E-state index contributed by atoms with van der Waals surface area (Å²) in [6.07, 6.45) is 2.97. The van der Waals surface area contributed by atoms with Crippen molar-refractivity contribution in [2.24, 2.45) is 5.73 Å². The molecule has 0 fully saturated rings. The summed E-state index contributed by atoms with van der Waals surface area (Å²) in [5.41, 5.74) is 10.5. The van der Waals surface area contributed by atoms with E-state index in [9.17, 15) is 14.4 Å². The molecule has 8 nitrogen and oxygen atoms in total. The van der Waals surface area contributed by atoms with Gasteiger partial charge in [-0.2, -0.15) is 0 Å². The minimum atomic E-state index is -0.982. The predicted octanol–water partition coefficient (Wildman–Crippen LogP) is 5.19. The zero-order valence-electron chi connectivity index (χ0n) is 22.2. The monoisotopic (exact) mass is 542 g/mol. The van der Waals surface area contributed by atoms with Crippen LogP contribution in [0.25, 0.3) is 11.1 Å². The molecular formula is C32H34N2O6. The normalized spacial score (nSPS) is 12.8. The van der Waals surface area contributed by atoms with Gasteiger partial charge in [-0.1, -0.05) is 91.0 Å². The smallest absolute Gasteiger partial charge is 0.407 e. The van der Waals surface area contributed by atoms with Crippen molar-refractivity contribution in [3.63, 3.8) is 0 Å². The molecule has 0 saturated heterocycles. The molecule has 0 saturated carbocycles. The number of ether oxygens (including phenoxy) is 2. The Morgan fingerprint density at radius 2 is 1.40 bits per heavy atom. The van der Waals surface area contributed by atoms with Gasteiger partial charge in [-0.15, -0.1) is 13.2 Å². The molecule has 0 unspecified atom stereocenters. The molecule has 0 spiro atoms. The van der Waals surface area contributed by atoms with Crippen molar-refractivity contribution in [2.75, 3.05) is 6.61 Å². The van der Waals surface area contributed by atoms with Gasteiger partial charge in [-0.25, -0.2) is 9.59 Å². The average Bonchev–Trinajstić information content (AvgIpc) is 3.29. The van der Waals surface area contributed by atoms with Crippen molar-refractivity contribution in [1.29, 1.82) is 0 Å². The van der Waals surface area contributed by atoms with Gasteiger partial charge in [-0.05, 0) is 40.7 Å². The Morgan fingerprint density at radius 1 is 0.850 bits per heavy atom. The van der Waals surface area contributed by atoms with Gasteiger partial charge in [0.1, 0.15) is 25.3 Å². The van der Waals surface area contributed by atoms with E-state index >= 15 is 0 Å². The minimum absolute atomic E-state index is 0.0453. The van der Waals surface area contributed by atoms with E-state index in [1.165, 1.54) is 6.08 Å². The van der Waals surface area contributed by atoms with Crippen molar-refractivity contribution in [1.82, 2.24) is 5.32 Å². The van der Waals surface area contributed by atoms with E-state index in [1.807, 2.05) is 54.6 Å². The molecule has 3 aromatic carbocycles. The third-order valence-corrected chi connectivity index (χ3v) is 6.28. The van der Waals surface area contributed by atoms with Crippen LogP contribution in [0, 0.1) is 0 Å². The van der Waals surface area contributed by atoms with Crippen LogP contribution in [0.4, 0.5) is 4.79 Å². The minimum Gasteiger partial charge on any atom is -0.480 e. The van der Waals surface area contributed by atoms with Gasteiger partial charge < -0.3 is 25.6 Å². The maximum atomic E-state index is 12.5. The average molecular weight is 543 g/mol. The Bertz CT molecular complexity index is 1280. The number of rotatable bonds is 11. The molecule has 2 atom stereocenters. The van der Waals surface area contributed by atoms with Gasteiger partial charge in [0.2, 0.25) is 0 Å². The molecule has 1 aliphatic rings. The lowest BCUT2D eigenvalue weighted by molar-refractivity contribution is -0.147. The summed E-state index contributed by atoms with van der Waals surface area (Å²) < 4.78 is 10.9. The molecule has 4 rings (SSSR count). The van der Waals surface area contributed by atoms with Crippen LogP contribution in [0.15, 0.2) is 104 Å². The lowest BCUT2D eigenvalue weighted by Crippen LogP contribution is -2.42. The first kappa shape index (κ1) is 29.9. The van der Waals surface area contributed by atoms with Gasteiger partial charge in [0.15, 0.2) is 0 Å². The fourth-order valence-corrected chi connectivity index (χ4v) is 4.27. The number of carboxylic acid groups (broad SMARTS) is 1. The first-order chi connectivity index (χ1) is 19.3. The standard InChI is InChI=1S/C27H25NO4.C5H9NO2/c1-2-10-25(26(29)31-17-19-11-4-3-5-12-19)28-27(30)32-18-24-22-15-8-6-13-20(22)21-14-7-9-16-23(21)24;1-2-3-4(6)5(7)8/h2-9,11-16,24-25H,1,10,17-18H2,(H,28,30);2,4H,1,3,6H2,(H,7,8)/t25-;4-/m00/s1. The predicted molar refractivity (Wildman–Crippen MR) is 153 cm³/mol. The van der Waals surface area contributed by atoms with Crippen LogP contribution in [-0.4, -0.2) is 41.8 Å². The van der Waals surface area contributed by atoms with Gasteiger partial charge in [-0.3, -0.25) is 4.79 Å². The summed E-state index contributed by atoms with van der Waals surface area (Å²) in [6, 6.07) is 24.0. The molecule has 0 aromatic heterocycles. The number of fused-ring (bicyclic) bond motifs is 3. The maximum absolute atomic E-state index is 12.5. The topological polar surface area (TPSA) is 128 Å². The third-order valence-electron chi connectivity index (χ3n) is 6.28. The van der Waals surface area contributed by atoms with Gasteiger partial charge in [0.25, 0.3) is 0 Å². The fraction of sp³-hybridized carbons (Fsp3) is 0.219. The number of amides is 1. The Labute approximate surface area is 234 Å². The summed E-state index contributed by atoms with van der Waals surface area (Å²) in [7, 11) is 0. The fourth-order valence-electron chi connectivity index (χ4n) is 4.27. The number of hydrogen-bond donors (Lipinski definition) is 3. The third kappa shape index (κ3) is 8.15. The van der Waals surface area contributed by atoms with E-state index in [1.54, 1.807) is 6.08 Å². The van der Waals surface area contributed by atoms with E-state index in [4.69, 9.17) is 20.3 Å². The second kappa shape index (κ2) is 15.0. The van der Waals surface area contributed by atoms with Gasteiger partial charge in [0, 0.05) is 5.92 Å². The van der Waals surface area contributed by atoms with E-state index < -0.39 is 30.1 Å². The summed E-state index contributed by atoms with van der Waals surface area (Å²) in [5.74, 6) is -1.55. The molecule has 0 bridgehead atoms. The Hall–Kier alpha value is -4.69. The quantitative estimate of drug-likeness (QED) is 0.225. The van der Waals surface area contributed by atoms with Crippen molar-refractivity contribution in [3.05, 3.63) is 121 Å². The largest absolute Gasteiger partial charge is 0.480 e. The lowest BCUT2D eigenvalue weighted by Gasteiger charge is -2.18. The number of carboxylic acids is 1. The maximum Gasteiger partial charge on any atom is 0.407 e. The summed E-state index contributed by atoms with van der Waals surface area (Å²) >= 11 is 0. The van der Waals surface area contributed by atoms with Crippen LogP contribution in [0.2, 0.25) is 0 Å². The number of nitrogens with two attached hydrogens (primary N) is 1. The highest BCUT2D eigenvalue weighted by molar-refractivity contribution is 5.82. The van der Waals surface area contributed by atoms with E-state index in [-0.39, 0.29) is 25.6 Å². The highest BCUT2D eigenvalue weighted by Crippen LogP contribution is 2.44. The van der Waals surface area contributed by atoms with E-state index in [0.717, 1.165) is 27.8 Å². The van der Waals surface area contributed by atoms with Crippen LogP contribution >= 0.6 is 0 Å². The molecule has 40 heavy (non-hydrogen) atoms. The van der Waals surface area contributed by atoms with Crippen LogP contribution < -0.4 is 11.1 Å². The summed E-state index contributed by atoms with van der Waals surface area (Å²) in [4.78, 5) is 34.9. The Morgan fingerprint density at radius 3 is 1.93 bits per heavy atom. The molecule has 1 amide bonds. The number of carbonyl (C=O) groups is 3. The van der Waals surface area contributed by atoms with Crippen molar-refractivity contribution < 1.29 is 29.0 Å². The molecule has 0 heterocycles. The molecule has 8 heteroatoms. The summed E-state index contributed by atoms with van der Waals surface area (Å²) in [6.45, 7) is 7.33. The zero-order valence-corrected chi connectivity index (χ0v) is 22.2. The van der Waals surface area contributed by atoms with Crippen molar-refractivity contribution in [2.45, 2.75) is 37.5 Å². The van der Waals surface area contributed by atoms with Crippen LogP contribution in [0.3, 0.4) is 0 Å². The molecule has 3 aromatic rings. The SMILES string of the molecule is C=CC[C@H](N)C(=O)O.C=CC[C@H](NC(=O)OCC1c2ccccc2-c2ccccc21)C(=O)OCc1ccccc1. The number of benzene rings is 3. The number of aliphatic carboxylic acids is 1. The lowest BCUT2D eigenvalue weighted by atomic mass is 9.98. The first-order valence-corrected chi connectivity index (χ1v) is 12.9. The molecule has 0 aliphatic heterocycles. The molecule has 208 valence electrons. The Balaban J connectivity index is 0.000000482. The summed E-state index contributed by atoms with van der Waals surface area (Å²) in [5, 5.41) is 10.8. The highest BCUT2D eigenvalue weighted by atomic mass is 16.6. The van der Waals surface area contributed by atoms with Gasteiger partial charge >= 0.3 is 18.0 Å². The highest BCUT2D eigenvalue weighted by Gasteiger charge is 2.29. The van der Waals surface area contributed by atoms with Crippen LogP contribution in [0.5, 0.6) is 0 Å².